The summed E-state index contributed by atoms with van der Waals surface area (Å²) in [7, 11) is 1.84. The standard InChI is InChI=1S/C17H17N3O2S/c1-20-10-11-23-17(20)19-15(21)9-4-12-2-5-13(6-3-12)16(22)18-14-7-8-14/h2-6,9-11,14H,7-8H2,1H3,(H,18,22). The normalized spacial score (nSPS) is 15.1. The van der Waals surface area contributed by atoms with E-state index in [4.69, 9.17) is 0 Å². The van der Waals surface area contributed by atoms with Crippen LogP contribution in [0.4, 0.5) is 0 Å². The van der Waals surface area contributed by atoms with E-state index in [2.05, 4.69) is 10.3 Å². The number of aryl methyl sites for hydroxylation is 1. The van der Waals surface area contributed by atoms with E-state index in [1.807, 2.05) is 30.8 Å². The number of thiazole rings is 1. The lowest BCUT2D eigenvalue weighted by Crippen LogP contribution is -2.25. The summed E-state index contributed by atoms with van der Waals surface area (Å²) < 4.78 is 1.80. The molecule has 5 nitrogen and oxygen atoms in total. The highest BCUT2D eigenvalue weighted by atomic mass is 32.1. The van der Waals surface area contributed by atoms with Gasteiger partial charge in [0.2, 0.25) is 0 Å². The quantitative estimate of drug-likeness (QED) is 0.874. The van der Waals surface area contributed by atoms with E-state index in [1.54, 1.807) is 22.8 Å². The Morgan fingerprint density at radius 3 is 2.65 bits per heavy atom. The summed E-state index contributed by atoms with van der Waals surface area (Å²) in [6, 6.07) is 7.50. The van der Waals surface area contributed by atoms with Gasteiger partial charge in [-0.1, -0.05) is 12.1 Å². The van der Waals surface area contributed by atoms with Crippen molar-refractivity contribution in [3.8, 4) is 0 Å². The number of hydrogen-bond acceptors (Lipinski definition) is 3. The number of carbonyl (C=O) groups is 2. The van der Waals surface area contributed by atoms with E-state index in [0.29, 0.717) is 16.4 Å². The fourth-order valence-corrected chi connectivity index (χ4v) is 2.71. The molecule has 6 heteroatoms. The predicted octanol–water partition coefficient (Wildman–Crippen LogP) is 2.12. The van der Waals surface area contributed by atoms with Crippen LogP contribution < -0.4 is 10.1 Å². The van der Waals surface area contributed by atoms with Gasteiger partial charge in [-0.3, -0.25) is 9.59 Å². The van der Waals surface area contributed by atoms with Crippen molar-refractivity contribution in [1.82, 2.24) is 9.88 Å². The summed E-state index contributed by atoms with van der Waals surface area (Å²) in [5.41, 5.74) is 1.49. The molecule has 1 aliphatic carbocycles. The molecule has 1 aromatic heterocycles. The van der Waals surface area contributed by atoms with Crippen molar-refractivity contribution >= 4 is 29.2 Å². The van der Waals surface area contributed by atoms with Gasteiger partial charge in [-0.05, 0) is 36.6 Å². The molecule has 2 amide bonds. The smallest absolute Gasteiger partial charge is 0.272 e. The van der Waals surface area contributed by atoms with Crippen LogP contribution >= 0.6 is 11.3 Å². The van der Waals surface area contributed by atoms with Crippen molar-refractivity contribution in [2.45, 2.75) is 18.9 Å². The van der Waals surface area contributed by atoms with Gasteiger partial charge in [-0.15, -0.1) is 11.3 Å². The van der Waals surface area contributed by atoms with Crippen LogP contribution in [-0.4, -0.2) is 22.4 Å². The first-order chi connectivity index (χ1) is 11.1. The molecule has 118 valence electrons. The Bertz CT molecular complexity index is 811. The van der Waals surface area contributed by atoms with E-state index in [1.165, 1.54) is 17.4 Å². The van der Waals surface area contributed by atoms with Gasteiger partial charge in [0.05, 0.1) is 0 Å². The monoisotopic (exact) mass is 327 g/mol. The third-order valence-corrected chi connectivity index (χ3v) is 4.32. The maximum absolute atomic E-state index is 11.9. The fourth-order valence-electron chi connectivity index (χ4n) is 1.98. The van der Waals surface area contributed by atoms with Gasteiger partial charge < -0.3 is 9.88 Å². The molecule has 1 aliphatic rings. The molecule has 1 aromatic carbocycles. The lowest BCUT2D eigenvalue weighted by atomic mass is 10.1. The van der Waals surface area contributed by atoms with E-state index in [-0.39, 0.29) is 11.8 Å². The minimum atomic E-state index is -0.307. The molecule has 0 spiro atoms. The SMILES string of the molecule is Cn1ccsc1=NC(=O)C=Cc1ccc(C(=O)NC2CC2)cc1. The second-order valence-corrected chi connectivity index (χ2v) is 6.32. The van der Waals surface area contributed by atoms with E-state index >= 15 is 0 Å². The molecule has 0 bridgehead atoms. The highest BCUT2D eigenvalue weighted by Gasteiger charge is 2.23. The van der Waals surface area contributed by atoms with Crippen LogP contribution in [-0.2, 0) is 11.8 Å². The summed E-state index contributed by atoms with van der Waals surface area (Å²) in [6.07, 6.45) is 7.12. The van der Waals surface area contributed by atoms with Crippen molar-refractivity contribution < 1.29 is 9.59 Å². The Morgan fingerprint density at radius 1 is 1.30 bits per heavy atom. The molecule has 23 heavy (non-hydrogen) atoms. The van der Waals surface area contributed by atoms with Crippen LogP contribution in [0.15, 0.2) is 46.9 Å². The van der Waals surface area contributed by atoms with Gasteiger partial charge in [-0.2, -0.15) is 4.99 Å². The Morgan fingerprint density at radius 2 is 2.04 bits per heavy atom. The summed E-state index contributed by atoms with van der Waals surface area (Å²) in [5.74, 6) is -0.349. The summed E-state index contributed by atoms with van der Waals surface area (Å²) >= 11 is 1.41. The Labute approximate surface area is 138 Å². The maximum Gasteiger partial charge on any atom is 0.272 e. The van der Waals surface area contributed by atoms with Gasteiger partial charge in [0.15, 0.2) is 4.80 Å². The van der Waals surface area contributed by atoms with Crippen molar-refractivity contribution in [3.05, 3.63) is 57.8 Å². The summed E-state index contributed by atoms with van der Waals surface area (Å²) in [4.78, 5) is 28.4. The number of nitrogens with one attached hydrogen (secondary N) is 1. The van der Waals surface area contributed by atoms with Crippen molar-refractivity contribution in [2.24, 2.45) is 12.0 Å². The topological polar surface area (TPSA) is 63.5 Å². The molecule has 0 aliphatic heterocycles. The maximum atomic E-state index is 11.9. The van der Waals surface area contributed by atoms with Crippen LogP contribution in [0.3, 0.4) is 0 Å². The van der Waals surface area contributed by atoms with E-state index < -0.39 is 0 Å². The predicted molar refractivity (Wildman–Crippen MR) is 89.8 cm³/mol. The zero-order chi connectivity index (χ0) is 16.2. The number of nitrogens with zero attached hydrogens (tertiary/aromatic N) is 2. The van der Waals surface area contributed by atoms with Crippen LogP contribution in [0.25, 0.3) is 6.08 Å². The largest absolute Gasteiger partial charge is 0.349 e. The average molecular weight is 327 g/mol. The molecule has 0 saturated heterocycles. The van der Waals surface area contributed by atoms with E-state index in [9.17, 15) is 9.59 Å². The van der Waals surface area contributed by atoms with Gasteiger partial charge in [0.25, 0.3) is 11.8 Å². The molecular formula is C17H17N3O2S. The van der Waals surface area contributed by atoms with Crippen LogP contribution in [0.2, 0.25) is 0 Å². The highest BCUT2D eigenvalue weighted by Crippen LogP contribution is 2.19. The Hall–Kier alpha value is -2.47. The first-order valence-electron chi connectivity index (χ1n) is 7.39. The van der Waals surface area contributed by atoms with Gasteiger partial charge in [-0.25, -0.2) is 0 Å². The first kappa shape index (κ1) is 15.4. The average Bonchev–Trinajstić information content (AvgIpc) is 3.28. The lowest BCUT2D eigenvalue weighted by molar-refractivity contribution is -0.113. The number of hydrogen-bond donors (Lipinski definition) is 1. The molecule has 0 radical (unpaired) electrons. The van der Waals surface area contributed by atoms with Crippen LogP contribution in [0.5, 0.6) is 0 Å². The highest BCUT2D eigenvalue weighted by molar-refractivity contribution is 7.07. The fraction of sp³-hybridized carbons (Fsp3) is 0.235. The van der Waals surface area contributed by atoms with Crippen molar-refractivity contribution in [2.75, 3.05) is 0 Å². The van der Waals surface area contributed by atoms with Gasteiger partial charge in [0, 0.05) is 36.3 Å². The molecule has 3 rings (SSSR count). The Kier molecular flexibility index (Phi) is 4.52. The third kappa shape index (κ3) is 4.26. The first-order valence-corrected chi connectivity index (χ1v) is 8.27. The zero-order valence-corrected chi connectivity index (χ0v) is 13.5. The molecule has 1 heterocycles. The number of carbonyl (C=O) groups excluding carboxylic acids is 2. The van der Waals surface area contributed by atoms with Crippen molar-refractivity contribution in [1.29, 1.82) is 0 Å². The Balaban J connectivity index is 1.64. The molecule has 0 unspecified atom stereocenters. The van der Waals surface area contributed by atoms with E-state index in [0.717, 1.165) is 18.4 Å². The molecule has 1 N–H and O–H groups in total. The van der Waals surface area contributed by atoms with Gasteiger partial charge >= 0.3 is 0 Å². The third-order valence-electron chi connectivity index (χ3n) is 3.47. The van der Waals surface area contributed by atoms with Crippen LogP contribution in [0, 0.1) is 0 Å². The molecular weight excluding hydrogens is 310 g/mol. The number of benzene rings is 1. The minimum Gasteiger partial charge on any atom is -0.349 e. The zero-order valence-electron chi connectivity index (χ0n) is 12.7. The second kappa shape index (κ2) is 6.75. The summed E-state index contributed by atoms with van der Waals surface area (Å²) in [6.45, 7) is 0. The molecule has 0 atom stereocenters. The molecule has 1 fully saturated rings. The molecule has 2 aromatic rings. The van der Waals surface area contributed by atoms with Crippen LogP contribution in [0.1, 0.15) is 28.8 Å². The lowest BCUT2D eigenvalue weighted by Gasteiger charge is -2.03. The number of rotatable bonds is 4. The molecule has 1 saturated carbocycles. The summed E-state index contributed by atoms with van der Waals surface area (Å²) in [5, 5.41) is 4.82. The second-order valence-electron chi connectivity index (χ2n) is 5.45. The van der Waals surface area contributed by atoms with Gasteiger partial charge in [0.1, 0.15) is 0 Å². The number of aromatic nitrogens is 1. The number of amides is 2. The minimum absolute atomic E-state index is 0.0423. The van der Waals surface area contributed by atoms with Crippen molar-refractivity contribution in [3.63, 3.8) is 0 Å².